The fraction of sp³-hybridized carbons (Fsp3) is 0.200. The van der Waals surface area contributed by atoms with Gasteiger partial charge in [-0.2, -0.15) is 0 Å². The molecule has 1 unspecified atom stereocenters. The van der Waals surface area contributed by atoms with E-state index in [0.717, 1.165) is 0 Å². The minimum absolute atomic E-state index is 0.319. The molecule has 92 valence electrons. The maximum absolute atomic E-state index is 3.85. The largest absolute Gasteiger partial charge is 0.146 e. The lowest BCUT2D eigenvalue weighted by Crippen LogP contribution is -1.88. The average molecular weight is 337 g/mol. The van der Waals surface area contributed by atoms with Crippen LogP contribution in [0.4, 0.5) is 0 Å². The summed E-state index contributed by atoms with van der Waals surface area (Å²) in [5.41, 5.74) is 1.41. The Morgan fingerprint density at radius 1 is 1.06 bits per heavy atom. The molecule has 0 N–H and O–H groups in total. The van der Waals surface area contributed by atoms with Crippen molar-refractivity contribution < 1.29 is 0 Å². The molecule has 0 saturated heterocycles. The summed E-state index contributed by atoms with van der Waals surface area (Å²) >= 11 is 7.60. The number of aryl methyl sites for hydroxylation is 2. The molecule has 2 aromatic heterocycles. The van der Waals surface area contributed by atoms with E-state index in [-0.39, 0.29) is 0 Å². The van der Waals surface area contributed by atoms with Gasteiger partial charge in [-0.25, -0.2) is 0 Å². The Bertz CT molecular complexity index is 660. The van der Waals surface area contributed by atoms with Gasteiger partial charge in [0.2, 0.25) is 0 Å². The maximum atomic E-state index is 3.85. The molecule has 3 heteroatoms. The minimum atomic E-state index is 0.319. The highest BCUT2D eigenvalue weighted by atomic mass is 79.9. The standard InChI is InChI=1S/C15H13BrS2/c1-9-7-12(10(2)17-9)15(16)14-8-11-5-3-4-6-13(11)18-14/h3-8,15H,1-2H3. The van der Waals surface area contributed by atoms with Crippen molar-refractivity contribution in [2.24, 2.45) is 0 Å². The van der Waals surface area contributed by atoms with Crippen LogP contribution in [0.2, 0.25) is 0 Å². The van der Waals surface area contributed by atoms with Gasteiger partial charge >= 0.3 is 0 Å². The van der Waals surface area contributed by atoms with E-state index in [2.05, 4.69) is 66.2 Å². The molecule has 3 aromatic rings. The molecule has 1 aromatic carbocycles. The van der Waals surface area contributed by atoms with Crippen LogP contribution < -0.4 is 0 Å². The Kier molecular flexibility index (Phi) is 3.31. The second-order valence-electron chi connectivity index (χ2n) is 4.42. The fourth-order valence-corrected chi connectivity index (χ4v) is 5.25. The van der Waals surface area contributed by atoms with Gasteiger partial charge < -0.3 is 0 Å². The van der Waals surface area contributed by atoms with E-state index in [1.54, 1.807) is 0 Å². The molecule has 0 saturated carbocycles. The second kappa shape index (κ2) is 4.80. The lowest BCUT2D eigenvalue weighted by Gasteiger charge is -2.06. The average Bonchev–Trinajstić information content (AvgIpc) is 2.91. The molecule has 1 atom stereocenters. The first kappa shape index (κ1) is 12.4. The van der Waals surface area contributed by atoms with E-state index in [4.69, 9.17) is 0 Å². The summed E-state index contributed by atoms with van der Waals surface area (Å²) in [6, 6.07) is 13.2. The zero-order valence-corrected chi connectivity index (χ0v) is 13.5. The Hall–Kier alpha value is -0.640. The van der Waals surface area contributed by atoms with Crippen molar-refractivity contribution in [1.29, 1.82) is 0 Å². The number of halogens is 1. The van der Waals surface area contributed by atoms with Crippen molar-refractivity contribution >= 4 is 48.7 Å². The van der Waals surface area contributed by atoms with Crippen LogP contribution in [0.1, 0.15) is 25.0 Å². The van der Waals surface area contributed by atoms with E-state index in [1.165, 1.54) is 30.3 Å². The summed E-state index contributed by atoms with van der Waals surface area (Å²) in [4.78, 5) is 4.50. The highest BCUT2D eigenvalue weighted by Gasteiger charge is 2.17. The topological polar surface area (TPSA) is 0 Å². The molecule has 0 amide bonds. The third-order valence-electron chi connectivity index (χ3n) is 3.05. The summed E-state index contributed by atoms with van der Waals surface area (Å²) in [5, 5.41) is 1.34. The summed E-state index contributed by atoms with van der Waals surface area (Å²) in [6.45, 7) is 4.38. The number of rotatable bonds is 2. The van der Waals surface area contributed by atoms with Crippen molar-refractivity contribution in [1.82, 2.24) is 0 Å². The van der Waals surface area contributed by atoms with Crippen LogP contribution in [-0.4, -0.2) is 0 Å². The summed E-state index contributed by atoms with van der Waals surface area (Å²) in [7, 11) is 0. The van der Waals surface area contributed by atoms with Crippen molar-refractivity contribution in [2.45, 2.75) is 18.7 Å². The molecule has 3 rings (SSSR count). The highest BCUT2D eigenvalue weighted by Crippen LogP contribution is 2.41. The fourth-order valence-electron chi connectivity index (χ4n) is 2.18. The highest BCUT2D eigenvalue weighted by molar-refractivity contribution is 9.09. The third-order valence-corrected chi connectivity index (χ3v) is 6.50. The normalized spacial score (nSPS) is 13.1. The molecule has 0 radical (unpaired) electrons. The van der Waals surface area contributed by atoms with E-state index < -0.39 is 0 Å². The molecule has 0 aliphatic heterocycles. The number of alkyl halides is 1. The van der Waals surface area contributed by atoms with Gasteiger partial charge in [-0.3, -0.25) is 0 Å². The second-order valence-corrected chi connectivity index (χ2v) is 7.91. The quantitative estimate of drug-likeness (QED) is 0.498. The van der Waals surface area contributed by atoms with Gasteiger partial charge in [-0.05, 0) is 43.0 Å². The first-order valence-electron chi connectivity index (χ1n) is 5.84. The first-order valence-corrected chi connectivity index (χ1v) is 8.39. The van der Waals surface area contributed by atoms with Crippen molar-refractivity contribution in [2.75, 3.05) is 0 Å². The molecule has 0 fully saturated rings. The first-order chi connectivity index (χ1) is 8.65. The number of fused-ring (bicyclic) bond motifs is 1. The monoisotopic (exact) mass is 336 g/mol. The van der Waals surface area contributed by atoms with Gasteiger partial charge in [0.15, 0.2) is 0 Å². The number of hydrogen-bond donors (Lipinski definition) is 0. The molecule has 2 heterocycles. The molecule has 0 bridgehead atoms. The molecule has 0 spiro atoms. The molecular weight excluding hydrogens is 324 g/mol. The van der Waals surface area contributed by atoms with Gasteiger partial charge in [0.25, 0.3) is 0 Å². The predicted octanol–water partition coefficient (Wildman–Crippen LogP) is 6.06. The van der Waals surface area contributed by atoms with E-state index in [9.17, 15) is 0 Å². The summed E-state index contributed by atoms with van der Waals surface area (Å²) in [5.74, 6) is 0. The summed E-state index contributed by atoms with van der Waals surface area (Å²) < 4.78 is 1.36. The predicted molar refractivity (Wildman–Crippen MR) is 86.4 cm³/mol. The lowest BCUT2D eigenvalue weighted by molar-refractivity contribution is 1.21. The van der Waals surface area contributed by atoms with Crippen LogP contribution in [0, 0.1) is 13.8 Å². The SMILES string of the molecule is Cc1cc(C(Br)c2cc3ccccc3s2)c(C)s1. The Balaban J connectivity index is 2.06. The van der Waals surface area contributed by atoms with E-state index in [0.29, 0.717) is 4.83 Å². The summed E-state index contributed by atoms with van der Waals surface area (Å²) in [6.07, 6.45) is 0. The Morgan fingerprint density at radius 3 is 2.50 bits per heavy atom. The van der Waals surface area contributed by atoms with Gasteiger partial charge in [0.05, 0.1) is 4.83 Å². The van der Waals surface area contributed by atoms with Crippen LogP contribution in [0.15, 0.2) is 36.4 Å². The van der Waals surface area contributed by atoms with Crippen molar-refractivity contribution in [3.8, 4) is 0 Å². The zero-order chi connectivity index (χ0) is 12.7. The van der Waals surface area contributed by atoms with Crippen LogP contribution in [0.5, 0.6) is 0 Å². The van der Waals surface area contributed by atoms with E-state index >= 15 is 0 Å². The van der Waals surface area contributed by atoms with Crippen LogP contribution >= 0.6 is 38.6 Å². The smallest absolute Gasteiger partial charge is 0.0749 e. The van der Waals surface area contributed by atoms with Gasteiger partial charge in [-0.15, -0.1) is 22.7 Å². The third kappa shape index (κ3) is 2.15. The molecule has 0 nitrogen and oxygen atoms in total. The Labute approximate surface area is 123 Å². The van der Waals surface area contributed by atoms with E-state index in [1.807, 2.05) is 22.7 Å². The number of thiophene rings is 2. The maximum Gasteiger partial charge on any atom is 0.0749 e. The van der Waals surface area contributed by atoms with Gasteiger partial charge in [0, 0.05) is 19.3 Å². The van der Waals surface area contributed by atoms with Crippen LogP contribution in [0.3, 0.4) is 0 Å². The van der Waals surface area contributed by atoms with Gasteiger partial charge in [-0.1, -0.05) is 34.1 Å². The van der Waals surface area contributed by atoms with Crippen molar-refractivity contribution in [3.05, 3.63) is 56.6 Å². The zero-order valence-electron chi connectivity index (χ0n) is 10.2. The van der Waals surface area contributed by atoms with Crippen molar-refractivity contribution in [3.63, 3.8) is 0 Å². The molecule has 18 heavy (non-hydrogen) atoms. The number of benzene rings is 1. The van der Waals surface area contributed by atoms with Crippen LogP contribution in [-0.2, 0) is 0 Å². The Morgan fingerprint density at radius 2 is 1.83 bits per heavy atom. The lowest BCUT2D eigenvalue weighted by atomic mass is 10.1. The number of hydrogen-bond acceptors (Lipinski definition) is 2. The molecule has 0 aliphatic carbocycles. The van der Waals surface area contributed by atoms with Gasteiger partial charge in [0.1, 0.15) is 0 Å². The molecule has 0 aliphatic rings. The molecular formula is C15H13BrS2. The van der Waals surface area contributed by atoms with Crippen LogP contribution in [0.25, 0.3) is 10.1 Å². The minimum Gasteiger partial charge on any atom is -0.146 e.